The molecule has 1 aromatic carbocycles. The van der Waals surface area contributed by atoms with E-state index in [0.717, 1.165) is 13.1 Å². The van der Waals surface area contributed by atoms with Gasteiger partial charge < -0.3 is 16.4 Å². The molecule has 4 N–H and O–H groups in total. The van der Waals surface area contributed by atoms with Crippen molar-refractivity contribution in [2.24, 2.45) is 5.73 Å². The highest BCUT2D eigenvalue weighted by Crippen LogP contribution is 2.12. The summed E-state index contributed by atoms with van der Waals surface area (Å²) >= 11 is 0. The molecule has 0 aliphatic carbocycles. The molecule has 4 nitrogen and oxygen atoms in total. The molecule has 0 aromatic heterocycles. The molecule has 0 saturated carbocycles. The molecule has 88 valence electrons. The number of nitrogens with two attached hydrogens (primary N) is 1. The van der Waals surface area contributed by atoms with Crippen LogP contribution in [0, 0.1) is 0 Å². The highest BCUT2D eigenvalue weighted by Gasteiger charge is 2.03. The number of primary amides is 1. The summed E-state index contributed by atoms with van der Waals surface area (Å²) in [6.07, 6.45) is 0. The first-order valence-corrected chi connectivity index (χ1v) is 5.49. The van der Waals surface area contributed by atoms with Gasteiger partial charge in [-0.3, -0.25) is 0 Å². The molecule has 0 bridgehead atoms. The van der Waals surface area contributed by atoms with E-state index in [9.17, 15) is 4.79 Å². The fourth-order valence-electron chi connectivity index (χ4n) is 1.49. The molecule has 0 fully saturated rings. The van der Waals surface area contributed by atoms with Gasteiger partial charge in [0.25, 0.3) is 0 Å². The molecule has 0 heterocycles. The Morgan fingerprint density at radius 2 is 2.00 bits per heavy atom. The summed E-state index contributed by atoms with van der Waals surface area (Å²) < 4.78 is 0. The number of benzene rings is 1. The second-order valence-corrected chi connectivity index (χ2v) is 3.81. The fraction of sp³-hybridized carbons (Fsp3) is 0.417. The first-order chi connectivity index (χ1) is 7.70. The van der Waals surface area contributed by atoms with Crippen molar-refractivity contribution in [3.63, 3.8) is 0 Å². The topological polar surface area (TPSA) is 67.2 Å². The Balaban J connectivity index is 2.16. The molecule has 16 heavy (non-hydrogen) atoms. The van der Waals surface area contributed by atoms with E-state index in [1.807, 2.05) is 18.2 Å². The molecule has 2 amide bonds. The molecule has 0 spiro atoms. The van der Waals surface area contributed by atoms with Crippen LogP contribution < -0.4 is 16.4 Å². The van der Waals surface area contributed by atoms with Crippen molar-refractivity contribution in [3.8, 4) is 0 Å². The summed E-state index contributed by atoms with van der Waals surface area (Å²) in [5.41, 5.74) is 6.27. The van der Waals surface area contributed by atoms with Crippen LogP contribution in [0.1, 0.15) is 18.4 Å². The summed E-state index contributed by atoms with van der Waals surface area (Å²) in [7, 11) is 0. The van der Waals surface area contributed by atoms with E-state index < -0.39 is 6.03 Å². The van der Waals surface area contributed by atoms with Crippen LogP contribution in [0.2, 0.25) is 0 Å². The number of hydrogen-bond donors (Lipinski definition) is 3. The lowest BCUT2D eigenvalue weighted by Gasteiger charge is -2.12. The third-order valence-corrected chi connectivity index (χ3v) is 2.42. The van der Waals surface area contributed by atoms with Crippen molar-refractivity contribution in [1.29, 1.82) is 0 Å². The van der Waals surface area contributed by atoms with Crippen LogP contribution in [0.15, 0.2) is 30.3 Å². The van der Waals surface area contributed by atoms with Gasteiger partial charge in [0.1, 0.15) is 0 Å². The van der Waals surface area contributed by atoms with Gasteiger partial charge in [0.05, 0.1) is 0 Å². The van der Waals surface area contributed by atoms with E-state index in [2.05, 4.69) is 29.7 Å². The number of urea groups is 1. The summed E-state index contributed by atoms with van der Waals surface area (Å²) in [6, 6.07) is 9.86. The molecule has 0 saturated heterocycles. The van der Waals surface area contributed by atoms with Gasteiger partial charge in [-0.15, -0.1) is 0 Å². The number of carbonyl (C=O) groups excluding carboxylic acids is 1. The molecule has 0 aliphatic rings. The van der Waals surface area contributed by atoms with E-state index in [1.54, 1.807) is 0 Å². The van der Waals surface area contributed by atoms with E-state index in [1.165, 1.54) is 5.56 Å². The molecule has 4 heteroatoms. The predicted octanol–water partition coefficient (Wildman–Crippen LogP) is 1.05. The van der Waals surface area contributed by atoms with Gasteiger partial charge in [-0.25, -0.2) is 4.79 Å². The number of hydrogen-bond acceptors (Lipinski definition) is 2. The fourth-order valence-corrected chi connectivity index (χ4v) is 1.49. The van der Waals surface area contributed by atoms with E-state index in [-0.39, 0.29) is 0 Å². The van der Waals surface area contributed by atoms with Gasteiger partial charge in [0.15, 0.2) is 0 Å². The maximum absolute atomic E-state index is 10.4. The molecule has 1 atom stereocenters. The summed E-state index contributed by atoms with van der Waals surface area (Å²) in [4.78, 5) is 10.4. The van der Waals surface area contributed by atoms with Crippen LogP contribution in [0.5, 0.6) is 0 Å². The Morgan fingerprint density at radius 3 is 2.62 bits per heavy atom. The van der Waals surface area contributed by atoms with Crippen LogP contribution in [0.25, 0.3) is 0 Å². The van der Waals surface area contributed by atoms with Crippen molar-refractivity contribution in [2.75, 3.05) is 19.6 Å². The van der Waals surface area contributed by atoms with Gasteiger partial charge in [0.2, 0.25) is 0 Å². The second kappa shape index (κ2) is 6.85. The Hall–Kier alpha value is -1.55. The number of rotatable bonds is 6. The van der Waals surface area contributed by atoms with E-state index in [4.69, 9.17) is 5.73 Å². The second-order valence-electron chi connectivity index (χ2n) is 3.81. The van der Waals surface area contributed by atoms with E-state index in [0.29, 0.717) is 12.5 Å². The smallest absolute Gasteiger partial charge is 0.312 e. The minimum atomic E-state index is -0.474. The predicted molar refractivity (Wildman–Crippen MR) is 65.3 cm³/mol. The first-order valence-electron chi connectivity index (χ1n) is 5.49. The highest BCUT2D eigenvalue weighted by molar-refractivity contribution is 5.71. The maximum Gasteiger partial charge on any atom is 0.312 e. The van der Waals surface area contributed by atoms with E-state index >= 15 is 0 Å². The molecular formula is C12H19N3O. The van der Waals surface area contributed by atoms with Gasteiger partial charge >= 0.3 is 6.03 Å². The van der Waals surface area contributed by atoms with Gasteiger partial charge in [-0.05, 0) is 11.5 Å². The third-order valence-electron chi connectivity index (χ3n) is 2.42. The maximum atomic E-state index is 10.4. The minimum absolute atomic E-state index is 0.467. The van der Waals surface area contributed by atoms with Crippen LogP contribution in [0.3, 0.4) is 0 Å². The molecular weight excluding hydrogens is 202 g/mol. The molecule has 1 unspecified atom stereocenters. The average molecular weight is 221 g/mol. The Bertz CT molecular complexity index is 313. The lowest BCUT2D eigenvalue weighted by molar-refractivity contribution is 0.249. The number of carbonyl (C=O) groups is 1. The normalized spacial score (nSPS) is 12.1. The van der Waals surface area contributed by atoms with Crippen molar-refractivity contribution < 1.29 is 4.79 Å². The molecule has 1 aromatic rings. The largest absolute Gasteiger partial charge is 0.352 e. The first kappa shape index (κ1) is 12.5. The summed E-state index contributed by atoms with van der Waals surface area (Å²) in [5.74, 6) is 0.467. The SMILES string of the molecule is CC(CNCCNC(N)=O)c1ccccc1. The zero-order chi connectivity index (χ0) is 11.8. The summed E-state index contributed by atoms with van der Waals surface area (Å²) in [6.45, 7) is 4.37. The molecule has 0 aliphatic heterocycles. The van der Waals surface area contributed by atoms with Crippen LogP contribution in [-0.2, 0) is 0 Å². The zero-order valence-corrected chi connectivity index (χ0v) is 9.57. The Kier molecular flexibility index (Phi) is 5.36. The Labute approximate surface area is 96.2 Å². The van der Waals surface area contributed by atoms with Gasteiger partial charge in [-0.1, -0.05) is 37.3 Å². The monoisotopic (exact) mass is 221 g/mol. The van der Waals surface area contributed by atoms with Crippen LogP contribution in [-0.4, -0.2) is 25.7 Å². The quantitative estimate of drug-likeness (QED) is 0.628. The molecule has 0 radical (unpaired) electrons. The van der Waals surface area contributed by atoms with Crippen molar-refractivity contribution >= 4 is 6.03 Å². The third kappa shape index (κ3) is 4.79. The minimum Gasteiger partial charge on any atom is -0.352 e. The molecule has 1 rings (SSSR count). The Morgan fingerprint density at radius 1 is 1.31 bits per heavy atom. The highest BCUT2D eigenvalue weighted by atomic mass is 16.2. The van der Waals surface area contributed by atoms with Crippen LogP contribution in [0.4, 0.5) is 4.79 Å². The lowest BCUT2D eigenvalue weighted by atomic mass is 10.0. The van der Waals surface area contributed by atoms with Crippen LogP contribution >= 0.6 is 0 Å². The summed E-state index contributed by atoms with van der Waals surface area (Å²) in [5, 5.41) is 5.80. The number of nitrogens with one attached hydrogen (secondary N) is 2. The lowest BCUT2D eigenvalue weighted by Crippen LogP contribution is -2.36. The van der Waals surface area contributed by atoms with Gasteiger partial charge in [-0.2, -0.15) is 0 Å². The average Bonchev–Trinajstić information content (AvgIpc) is 2.29. The van der Waals surface area contributed by atoms with Crippen molar-refractivity contribution in [3.05, 3.63) is 35.9 Å². The standard InChI is InChI=1S/C12H19N3O/c1-10(11-5-3-2-4-6-11)9-14-7-8-15-12(13)16/h2-6,10,14H,7-9H2,1H3,(H3,13,15,16). The van der Waals surface area contributed by atoms with Crippen molar-refractivity contribution in [2.45, 2.75) is 12.8 Å². The zero-order valence-electron chi connectivity index (χ0n) is 9.57. The van der Waals surface area contributed by atoms with Crippen molar-refractivity contribution in [1.82, 2.24) is 10.6 Å². The van der Waals surface area contributed by atoms with Gasteiger partial charge in [0, 0.05) is 19.6 Å². The number of amides is 2.